The van der Waals surface area contributed by atoms with Gasteiger partial charge in [-0.05, 0) is 30.9 Å². The van der Waals surface area contributed by atoms with E-state index in [-0.39, 0.29) is 5.91 Å². The first kappa shape index (κ1) is 21.5. The minimum atomic E-state index is -0.0985. The lowest BCUT2D eigenvalue weighted by molar-refractivity contribution is 0.0941. The molecule has 0 unspecified atom stereocenters. The van der Waals surface area contributed by atoms with Gasteiger partial charge < -0.3 is 24.3 Å². The molecule has 1 aromatic carbocycles. The van der Waals surface area contributed by atoms with Crippen molar-refractivity contribution in [3.05, 3.63) is 60.2 Å². The van der Waals surface area contributed by atoms with Crippen LogP contribution in [0.15, 0.2) is 48.9 Å². The Hall–Kier alpha value is -3.39. The van der Waals surface area contributed by atoms with Crippen LogP contribution in [0.3, 0.4) is 0 Å². The number of hydrogen-bond acceptors (Lipinski definition) is 6. The van der Waals surface area contributed by atoms with Crippen molar-refractivity contribution in [1.82, 2.24) is 19.9 Å². The van der Waals surface area contributed by atoms with Crippen molar-refractivity contribution in [2.75, 3.05) is 38.3 Å². The van der Waals surface area contributed by atoms with Gasteiger partial charge in [0.1, 0.15) is 11.4 Å². The van der Waals surface area contributed by atoms with Crippen molar-refractivity contribution in [2.24, 2.45) is 5.92 Å². The standard InChI is InChI=1S/C25H29N5O3/c1-32-23-5-3-2-4-19(23)13-26-24(31)22-12-20(17-30(22)16-18-6-7-18)21-14-27-25(28-15-21)29-8-10-33-11-9-29/h2-5,12,14-15,17-18H,6-11,13,16H2,1H3,(H,26,31). The maximum Gasteiger partial charge on any atom is 0.268 e. The highest BCUT2D eigenvalue weighted by Gasteiger charge is 2.25. The fourth-order valence-corrected chi connectivity index (χ4v) is 4.10. The van der Waals surface area contributed by atoms with E-state index in [1.165, 1.54) is 12.8 Å². The smallest absolute Gasteiger partial charge is 0.268 e. The van der Waals surface area contributed by atoms with Crippen LogP contribution >= 0.6 is 0 Å². The minimum absolute atomic E-state index is 0.0985. The van der Waals surface area contributed by atoms with Gasteiger partial charge in [-0.2, -0.15) is 0 Å². The Bertz CT molecular complexity index is 1100. The summed E-state index contributed by atoms with van der Waals surface area (Å²) in [4.78, 5) is 24.4. The second-order valence-corrected chi connectivity index (χ2v) is 8.58. The SMILES string of the molecule is COc1ccccc1CNC(=O)c1cc(-c2cnc(N3CCOCC3)nc2)cn1CC1CC1. The Labute approximate surface area is 193 Å². The van der Waals surface area contributed by atoms with Crippen molar-refractivity contribution in [2.45, 2.75) is 25.9 Å². The summed E-state index contributed by atoms with van der Waals surface area (Å²) in [6.07, 6.45) is 8.15. The van der Waals surface area contributed by atoms with Gasteiger partial charge in [0.2, 0.25) is 5.95 Å². The normalized spacial score (nSPS) is 16.0. The Morgan fingerprint density at radius 2 is 1.91 bits per heavy atom. The summed E-state index contributed by atoms with van der Waals surface area (Å²) in [6, 6.07) is 9.66. The van der Waals surface area contributed by atoms with Gasteiger partial charge in [0.25, 0.3) is 5.91 Å². The van der Waals surface area contributed by atoms with E-state index in [0.717, 1.165) is 42.1 Å². The van der Waals surface area contributed by atoms with Crippen molar-refractivity contribution in [3.8, 4) is 16.9 Å². The molecule has 8 nitrogen and oxygen atoms in total. The number of nitrogens with one attached hydrogen (secondary N) is 1. The Morgan fingerprint density at radius 3 is 2.64 bits per heavy atom. The molecule has 5 rings (SSSR count). The Balaban J connectivity index is 1.34. The van der Waals surface area contributed by atoms with Crippen LogP contribution in [0.25, 0.3) is 11.1 Å². The van der Waals surface area contributed by atoms with Crippen LogP contribution in [0.2, 0.25) is 0 Å². The summed E-state index contributed by atoms with van der Waals surface area (Å²) in [5.74, 6) is 2.03. The number of rotatable bonds is 8. The number of para-hydroxylation sites is 1. The highest BCUT2D eigenvalue weighted by molar-refractivity contribution is 5.94. The van der Waals surface area contributed by atoms with Crippen molar-refractivity contribution in [3.63, 3.8) is 0 Å². The summed E-state index contributed by atoms with van der Waals surface area (Å²) in [5, 5.41) is 3.05. The zero-order valence-corrected chi connectivity index (χ0v) is 18.9. The number of nitrogens with zero attached hydrogens (tertiary/aromatic N) is 4. The van der Waals surface area contributed by atoms with E-state index in [0.29, 0.717) is 37.3 Å². The van der Waals surface area contributed by atoms with Gasteiger partial charge in [0.05, 0.1) is 20.3 Å². The topological polar surface area (TPSA) is 81.5 Å². The van der Waals surface area contributed by atoms with Crippen LogP contribution in [0, 0.1) is 5.92 Å². The summed E-state index contributed by atoms with van der Waals surface area (Å²) in [5.41, 5.74) is 3.46. The van der Waals surface area contributed by atoms with E-state index in [2.05, 4.69) is 24.8 Å². The number of benzene rings is 1. The fraction of sp³-hybridized carbons (Fsp3) is 0.400. The molecule has 0 bridgehead atoms. The third kappa shape index (κ3) is 5.01. The van der Waals surface area contributed by atoms with Gasteiger partial charge in [-0.1, -0.05) is 18.2 Å². The van der Waals surface area contributed by atoms with Crippen LogP contribution < -0.4 is 15.0 Å². The second kappa shape index (κ2) is 9.62. The van der Waals surface area contributed by atoms with Gasteiger partial charge in [0.15, 0.2) is 0 Å². The number of carbonyl (C=O) groups is 1. The lowest BCUT2D eigenvalue weighted by Gasteiger charge is -2.26. The molecule has 0 radical (unpaired) electrons. The van der Waals surface area contributed by atoms with Crippen LogP contribution in [0.1, 0.15) is 28.9 Å². The highest BCUT2D eigenvalue weighted by atomic mass is 16.5. The molecular formula is C25H29N5O3. The van der Waals surface area contributed by atoms with Crippen molar-refractivity contribution < 1.29 is 14.3 Å². The number of aromatic nitrogens is 3. The first-order valence-electron chi connectivity index (χ1n) is 11.5. The summed E-state index contributed by atoms with van der Waals surface area (Å²) in [6.45, 7) is 4.25. The molecule has 33 heavy (non-hydrogen) atoms. The van der Waals surface area contributed by atoms with E-state index in [1.807, 2.05) is 48.9 Å². The monoisotopic (exact) mass is 447 g/mol. The van der Waals surface area contributed by atoms with E-state index in [9.17, 15) is 4.79 Å². The third-order valence-electron chi connectivity index (χ3n) is 6.18. The third-order valence-corrected chi connectivity index (χ3v) is 6.18. The van der Waals surface area contributed by atoms with Gasteiger partial charge in [-0.15, -0.1) is 0 Å². The predicted molar refractivity (Wildman–Crippen MR) is 125 cm³/mol. The molecule has 1 aliphatic carbocycles. The molecule has 0 atom stereocenters. The molecule has 1 amide bonds. The van der Waals surface area contributed by atoms with E-state index < -0.39 is 0 Å². The van der Waals surface area contributed by atoms with Crippen molar-refractivity contribution in [1.29, 1.82) is 0 Å². The zero-order chi connectivity index (χ0) is 22.6. The summed E-state index contributed by atoms with van der Waals surface area (Å²) in [7, 11) is 1.64. The minimum Gasteiger partial charge on any atom is -0.496 e. The molecule has 3 aromatic rings. The molecule has 1 aliphatic heterocycles. The maximum absolute atomic E-state index is 13.1. The first-order chi connectivity index (χ1) is 16.2. The van der Waals surface area contributed by atoms with Gasteiger partial charge in [0, 0.05) is 61.5 Å². The number of hydrogen-bond donors (Lipinski definition) is 1. The second-order valence-electron chi connectivity index (χ2n) is 8.58. The molecule has 1 saturated carbocycles. The lowest BCUT2D eigenvalue weighted by Crippen LogP contribution is -2.37. The Kier molecular flexibility index (Phi) is 6.26. The number of methoxy groups -OCH3 is 1. The molecule has 3 heterocycles. The van der Waals surface area contributed by atoms with E-state index in [4.69, 9.17) is 9.47 Å². The number of morpholine rings is 1. The fourth-order valence-electron chi connectivity index (χ4n) is 4.10. The van der Waals surface area contributed by atoms with Crippen LogP contribution in [0.5, 0.6) is 5.75 Å². The molecule has 1 saturated heterocycles. The number of anilines is 1. The highest BCUT2D eigenvalue weighted by Crippen LogP contribution is 2.32. The van der Waals surface area contributed by atoms with Gasteiger partial charge in [-0.25, -0.2) is 9.97 Å². The molecule has 2 aliphatic rings. The molecule has 172 valence electrons. The average Bonchev–Trinajstić information content (AvgIpc) is 3.59. The van der Waals surface area contributed by atoms with Gasteiger partial charge >= 0.3 is 0 Å². The molecule has 8 heteroatoms. The van der Waals surface area contributed by atoms with Crippen molar-refractivity contribution >= 4 is 11.9 Å². The largest absolute Gasteiger partial charge is 0.496 e. The molecular weight excluding hydrogens is 418 g/mol. The van der Waals surface area contributed by atoms with Crippen LogP contribution in [0.4, 0.5) is 5.95 Å². The van der Waals surface area contributed by atoms with E-state index in [1.54, 1.807) is 7.11 Å². The summed E-state index contributed by atoms with van der Waals surface area (Å²) >= 11 is 0. The van der Waals surface area contributed by atoms with Crippen LogP contribution in [-0.2, 0) is 17.8 Å². The Morgan fingerprint density at radius 1 is 1.15 bits per heavy atom. The van der Waals surface area contributed by atoms with Gasteiger partial charge in [-0.3, -0.25) is 4.79 Å². The molecule has 2 fully saturated rings. The average molecular weight is 448 g/mol. The lowest BCUT2D eigenvalue weighted by atomic mass is 10.2. The maximum atomic E-state index is 13.1. The quantitative estimate of drug-likeness (QED) is 0.571. The molecule has 2 aromatic heterocycles. The first-order valence-corrected chi connectivity index (χ1v) is 11.5. The zero-order valence-electron chi connectivity index (χ0n) is 18.9. The van der Waals surface area contributed by atoms with Crippen LogP contribution in [-0.4, -0.2) is 53.9 Å². The molecule has 0 spiro atoms. The summed E-state index contributed by atoms with van der Waals surface area (Å²) < 4.78 is 12.9. The predicted octanol–water partition coefficient (Wildman–Crippen LogP) is 3.13. The number of carbonyl (C=O) groups excluding carboxylic acids is 1. The molecule has 1 N–H and O–H groups in total. The number of amides is 1. The van der Waals surface area contributed by atoms with E-state index >= 15 is 0 Å². The number of ether oxygens (including phenoxy) is 2.